The number of rotatable bonds is 1. The molecule has 0 fully saturated rings. The molecule has 0 N–H and O–H groups in total. The molecule has 0 atom stereocenters. The van der Waals surface area contributed by atoms with E-state index < -0.39 is 0 Å². The molecule has 2 aromatic rings. The average Bonchev–Trinajstić information content (AvgIpc) is 2.53. The Hall–Kier alpha value is -0.750. The maximum Gasteiger partial charge on any atom is 1.00 e. The molecule has 0 radical (unpaired) electrons. The zero-order valence-corrected chi connectivity index (χ0v) is 8.68. The number of hydrogen-bond donors (Lipinski definition) is 0. The van der Waals surface area contributed by atoms with Crippen LogP contribution in [0.5, 0.6) is 0 Å². The number of para-hydroxylation sites is 1. The van der Waals surface area contributed by atoms with Crippen LogP contribution in [0.4, 0.5) is 0 Å². The van der Waals surface area contributed by atoms with Gasteiger partial charge in [-0.25, -0.2) is 4.68 Å². The van der Waals surface area contributed by atoms with Crippen molar-refractivity contribution in [3.05, 3.63) is 30.3 Å². The summed E-state index contributed by atoms with van der Waals surface area (Å²) in [7, 11) is 0. The molecule has 6 heteroatoms. The molecule has 70 valence electrons. The molecule has 0 saturated carbocycles. The second kappa shape index (κ2) is 4.48. The van der Waals surface area contributed by atoms with Crippen LogP contribution in [-0.4, -0.2) is 20.2 Å². The Morgan fingerprint density at radius 2 is 1.85 bits per heavy atom. The maximum absolute atomic E-state index is 4.89. The minimum Gasteiger partial charge on any atom is -0.738 e. The number of hydrogen-bond acceptors (Lipinski definition) is 4. The quantitative estimate of drug-likeness (QED) is 0.567. The van der Waals surface area contributed by atoms with Crippen LogP contribution in [0.15, 0.2) is 35.5 Å². The topological polar surface area (TPSA) is 43.6 Å². The Morgan fingerprint density at radius 3 is 2.38 bits per heavy atom. The van der Waals surface area contributed by atoms with Crippen molar-refractivity contribution in [2.45, 2.75) is 5.16 Å². The van der Waals surface area contributed by atoms with Gasteiger partial charge in [0.15, 0.2) is 0 Å². The first-order valence-corrected chi connectivity index (χ1v) is 3.79. The molecule has 0 spiro atoms. The maximum atomic E-state index is 4.89. The van der Waals surface area contributed by atoms with Crippen molar-refractivity contribution in [2.75, 3.05) is 0 Å². The summed E-state index contributed by atoms with van der Waals surface area (Å²) >= 11 is 4.89. The van der Waals surface area contributed by atoms with E-state index >= 15 is 0 Å². The summed E-state index contributed by atoms with van der Waals surface area (Å²) in [5.41, 5.74) is 0.882. The molecule has 0 aliphatic heterocycles. The van der Waals surface area contributed by atoms with Crippen LogP contribution >= 0.6 is 0 Å². The Labute approximate surface area is 96.3 Å². The van der Waals surface area contributed by atoms with Crippen molar-refractivity contribution in [1.82, 2.24) is 20.2 Å². The van der Waals surface area contributed by atoms with E-state index in [9.17, 15) is 0 Å². The van der Waals surface area contributed by atoms with Crippen LogP contribution in [0.2, 0.25) is 0 Å². The third-order valence-corrected chi connectivity index (χ3v) is 1.70. The Balaban J connectivity index is 0.000000845. The van der Waals surface area contributed by atoms with Gasteiger partial charge in [-0.05, 0) is 22.6 Å². The molecule has 2 rings (SSSR count). The SMILES string of the molecule is [Ag+].[S-]c1nnnn1-c1ccccc1. The summed E-state index contributed by atoms with van der Waals surface area (Å²) in [6.45, 7) is 0. The first-order valence-electron chi connectivity index (χ1n) is 3.39. The van der Waals surface area contributed by atoms with E-state index in [2.05, 4.69) is 15.5 Å². The molecular formula is C7H5AgN4S. The number of tetrazole rings is 1. The van der Waals surface area contributed by atoms with E-state index in [1.54, 1.807) is 0 Å². The second-order valence-electron chi connectivity index (χ2n) is 2.21. The van der Waals surface area contributed by atoms with E-state index in [4.69, 9.17) is 12.6 Å². The Bertz CT molecular complexity index is 375. The summed E-state index contributed by atoms with van der Waals surface area (Å²) < 4.78 is 1.51. The van der Waals surface area contributed by atoms with Gasteiger partial charge in [-0.15, -0.1) is 5.10 Å². The van der Waals surface area contributed by atoms with Crippen molar-refractivity contribution >= 4 is 12.6 Å². The van der Waals surface area contributed by atoms with Gasteiger partial charge in [-0.2, -0.15) is 0 Å². The third-order valence-electron chi connectivity index (χ3n) is 1.44. The molecule has 1 heterocycles. The standard InChI is InChI=1S/C7H6N4S.Ag/c12-7-8-9-10-11(7)6-4-2-1-3-5-6;/h1-5H,(H,8,10,12);/q;+1/p-1. The molecule has 4 nitrogen and oxygen atoms in total. The summed E-state index contributed by atoms with van der Waals surface area (Å²) in [6, 6.07) is 9.53. The van der Waals surface area contributed by atoms with Crippen LogP contribution in [-0.2, 0) is 35.0 Å². The Morgan fingerprint density at radius 1 is 1.15 bits per heavy atom. The van der Waals surface area contributed by atoms with Crippen LogP contribution in [0.3, 0.4) is 0 Å². The normalized spacial score (nSPS) is 9.23. The minimum atomic E-state index is 0. The molecule has 0 aliphatic rings. The van der Waals surface area contributed by atoms with Crippen LogP contribution in [0.25, 0.3) is 5.69 Å². The predicted octanol–water partition coefficient (Wildman–Crippen LogP) is 0.566. The molecule has 0 saturated heterocycles. The number of benzene rings is 1. The zero-order chi connectivity index (χ0) is 8.39. The molecule has 1 aromatic carbocycles. The van der Waals surface area contributed by atoms with Gasteiger partial charge in [0.25, 0.3) is 0 Å². The molecule has 0 bridgehead atoms. The first-order chi connectivity index (χ1) is 5.88. The van der Waals surface area contributed by atoms with Gasteiger partial charge >= 0.3 is 22.4 Å². The van der Waals surface area contributed by atoms with E-state index in [1.807, 2.05) is 30.3 Å². The fourth-order valence-electron chi connectivity index (χ4n) is 0.910. The summed E-state index contributed by atoms with van der Waals surface area (Å²) in [5.74, 6) is 0. The van der Waals surface area contributed by atoms with Crippen molar-refractivity contribution in [2.24, 2.45) is 0 Å². The third kappa shape index (κ3) is 2.13. The van der Waals surface area contributed by atoms with Crippen LogP contribution < -0.4 is 0 Å². The molecule has 0 unspecified atom stereocenters. The van der Waals surface area contributed by atoms with Crippen molar-refractivity contribution in [1.29, 1.82) is 0 Å². The molecule has 13 heavy (non-hydrogen) atoms. The molecule has 0 amide bonds. The summed E-state index contributed by atoms with van der Waals surface area (Å²) in [6.07, 6.45) is 0. The second-order valence-corrected chi connectivity index (χ2v) is 2.57. The van der Waals surface area contributed by atoms with Gasteiger partial charge in [-0.3, -0.25) is 0 Å². The number of nitrogens with zero attached hydrogens (tertiary/aromatic N) is 4. The van der Waals surface area contributed by atoms with E-state index in [0.29, 0.717) is 5.16 Å². The Kier molecular flexibility index (Phi) is 3.56. The summed E-state index contributed by atoms with van der Waals surface area (Å²) in [5, 5.41) is 11.2. The van der Waals surface area contributed by atoms with Gasteiger partial charge in [0.05, 0.1) is 5.69 Å². The van der Waals surface area contributed by atoms with Gasteiger partial charge < -0.3 is 12.6 Å². The molecule has 0 aliphatic carbocycles. The van der Waals surface area contributed by atoms with Gasteiger partial charge in [0, 0.05) is 5.16 Å². The van der Waals surface area contributed by atoms with Crippen molar-refractivity contribution < 1.29 is 22.4 Å². The fourth-order valence-corrected chi connectivity index (χ4v) is 1.09. The van der Waals surface area contributed by atoms with Crippen molar-refractivity contribution in [3.63, 3.8) is 0 Å². The van der Waals surface area contributed by atoms with Gasteiger partial charge in [-0.1, -0.05) is 18.2 Å². The molecule has 1 aromatic heterocycles. The van der Waals surface area contributed by atoms with Crippen LogP contribution in [0, 0.1) is 0 Å². The van der Waals surface area contributed by atoms with Gasteiger partial charge in [0.1, 0.15) is 0 Å². The fraction of sp³-hybridized carbons (Fsp3) is 0. The zero-order valence-electron chi connectivity index (χ0n) is 6.39. The van der Waals surface area contributed by atoms with Crippen LogP contribution in [0.1, 0.15) is 0 Å². The predicted molar refractivity (Wildman–Crippen MR) is 44.8 cm³/mol. The van der Waals surface area contributed by atoms with E-state index in [-0.39, 0.29) is 22.4 Å². The largest absolute Gasteiger partial charge is 1.00 e. The van der Waals surface area contributed by atoms with E-state index in [0.717, 1.165) is 5.69 Å². The van der Waals surface area contributed by atoms with Gasteiger partial charge in [0.2, 0.25) is 0 Å². The van der Waals surface area contributed by atoms with Crippen molar-refractivity contribution in [3.8, 4) is 5.69 Å². The van der Waals surface area contributed by atoms with E-state index in [1.165, 1.54) is 4.68 Å². The molecular weight excluding hydrogens is 280 g/mol. The minimum absolute atomic E-state index is 0. The summed E-state index contributed by atoms with van der Waals surface area (Å²) in [4.78, 5) is 0. The first kappa shape index (κ1) is 10.3. The monoisotopic (exact) mass is 284 g/mol. The number of aromatic nitrogens is 4. The smallest absolute Gasteiger partial charge is 0.738 e. The average molecular weight is 285 g/mol.